The average Bonchev–Trinajstić information content (AvgIpc) is 2.25. The van der Waals surface area contributed by atoms with Gasteiger partial charge in [0.25, 0.3) is 0 Å². The number of hydrogen-bond donors (Lipinski definition) is 1. The lowest BCUT2D eigenvalue weighted by atomic mass is 9.84. The van der Waals surface area contributed by atoms with Crippen LogP contribution in [0.1, 0.15) is 59.8 Å². The zero-order valence-corrected chi connectivity index (χ0v) is 12.3. The Morgan fingerprint density at radius 1 is 1.24 bits per heavy atom. The minimum absolute atomic E-state index is 0.653. The van der Waals surface area contributed by atoms with Crippen molar-refractivity contribution in [3.8, 4) is 0 Å². The molecule has 2 nitrogen and oxygen atoms in total. The summed E-state index contributed by atoms with van der Waals surface area (Å²) < 4.78 is 0. The molecule has 2 atom stereocenters. The zero-order valence-electron chi connectivity index (χ0n) is 12.3. The lowest BCUT2D eigenvalue weighted by Gasteiger charge is -2.36. The first kappa shape index (κ1) is 15.0. The van der Waals surface area contributed by atoms with Crippen LogP contribution < -0.4 is 5.32 Å². The molecule has 17 heavy (non-hydrogen) atoms. The molecule has 1 saturated carbocycles. The van der Waals surface area contributed by atoms with Crippen molar-refractivity contribution in [2.75, 3.05) is 19.6 Å². The molecule has 2 unspecified atom stereocenters. The summed E-state index contributed by atoms with van der Waals surface area (Å²) in [5.41, 5.74) is 0. The van der Waals surface area contributed by atoms with Crippen molar-refractivity contribution in [2.24, 2.45) is 5.92 Å². The molecule has 0 radical (unpaired) electrons. The standard InChI is InChI=1S/C15H32N2/c1-5-10-16-13(3)11-14(4)17(6-2)12-15-8-7-9-15/h13-16H,5-12H2,1-4H3. The van der Waals surface area contributed by atoms with Crippen LogP contribution in [0.15, 0.2) is 0 Å². The molecule has 0 aromatic rings. The Labute approximate surface area is 108 Å². The van der Waals surface area contributed by atoms with E-state index in [2.05, 4.69) is 37.9 Å². The van der Waals surface area contributed by atoms with E-state index in [0.717, 1.165) is 18.5 Å². The van der Waals surface area contributed by atoms with Crippen molar-refractivity contribution in [2.45, 2.75) is 71.9 Å². The normalized spacial score (nSPS) is 20.3. The van der Waals surface area contributed by atoms with Crippen molar-refractivity contribution in [1.82, 2.24) is 10.2 Å². The maximum atomic E-state index is 3.60. The van der Waals surface area contributed by atoms with Gasteiger partial charge in [0.1, 0.15) is 0 Å². The van der Waals surface area contributed by atoms with Crippen molar-refractivity contribution >= 4 is 0 Å². The van der Waals surface area contributed by atoms with Crippen molar-refractivity contribution < 1.29 is 0 Å². The second kappa shape index (κ2) is 8.10. The molecular weight excluding hydrogens is 208 g/mol. The van der Waals surface area contributed by atoms with Gasteiger partial charge in [-0.1, -0.05) is 20.3 Å². The van der Waals surface area contributed by atoms with Gasteiger partial charge in [-0.05, 0) is 58.5 Å². The Morgan fingerprint density at radius 2 is 1.94 bits per heavy atom. The molecule has 0 heterocycles. The van der Waals surface area contributed by atoms with E-state index in [1.807, 2.05) is 0 Å². The Hall–Kier alpha value is -0.0800. The van der Waals surface area contributed by atoms with Crippen molar-refractivity contribution in [3.05, 3.63) is 0 Å². The fourth-order valence-electron chi connectivity index (χ4n) is 2.76. The summed E-state index contributed by atoms with van der Waals surface area (Å²) in [6.07, 6.45) is 6.91. The molecule has 1 fully saturated rings. The fraction of sp³-hybridized carbons (Fsp3) is 1.00. The first-order chi connectivity index (χ1) is 8.17. The van der Waals surface area contributed by atoms with Gasteiger partial charge in [-0.15, -0.1) is 0 Å². The third kappa shape index (κ3) is 5.39. The van der Waals surface area contributed by atoms with E-state index >= 15 is 0 Å². The third-order valence-electron chi connectivity index (χ3n) is 4.18. The van der Waals surface area contributed by atoms with Crippen molar-refractivity contribution in [1.29, 1.82) is 0 Å². The summed E-state index contributed by atoms with van der Waals surface area (Å²) in [5.74, 6) is 0.997. The monoisotopic (exact) mass is 240 g/mol. The lowest BCUT2D eigenvalue weighted by molar-refractivity contribution is 0.135. The minimum atomic E-state index is 0.653. The largest absolute Gasteiger partial charge is 0.314 e. The number of nitrogens with zero attached hydrogens (tertiary/aromatic N) is 1. The van der Waals surface area contributed by atoms with Crippen LogP contribution in [0, 0.1) is 5.92 Å². The van der Waals surface area contributed by atoms with Gasteiger partial charge in [0.05, 0.1) is 0 Å². The second-order valence-electron chi connectivity index (χ2n) is 5.82. The molecule has 0 amide bonds. The smallest absolute Gasteiger partial charge is 0.00816 e. The van der Waals surface area contributed by atoms with Crippen LogP contribution in [0.2, 0.25) is 0 Å². The van der Waals surface area contributed by atoms with Gasteiger partial charge in [0, 0.05) is 18.6 Å². The first-order valence-electron chi connectivity index (χ1n) is 7.64. The quantitative estimate of drug-likeness (QED) is 0.665. The molecule has 0 saturated heterocycles. The molecule has 1 aliphatic carbocycles. The molecule has 0 bridgehead atoms. The molecule has 0 aromatic carbocycles. The molecule has 1 rings (SSSR count). The predicted molar refractivity (Wildman–Crippen MR) is 76.4 cm³/mol. The van der Waals surface area contributed by atoms with Crippen LogP contribution in [0.5, 0.6) is 0 Å². The first-order valence-corrected chi connectivity index (χ1v) is 7.64. The maximum Gasteiger partial charge on any atom is 0.00816 e. The molecule has 1 aliphatic rings. The van der Waals surface area contributed by atoms with Crippen molar-refractivity contribution in [3.63, 3.8) is 0 Å². The number of nitrogens with one attached hydrogen (secondary N) is 1. The molecule has 2 heteroatoms. The Morgan fingerprint density at radius 3 is 2.41 bits per heavy atom. The molecule has 0 aromatic heterocycles. The molecule has 0 aliphatic heterocycles. The molecule has 1 N–H and O–H groups in total. The van der Waals surface area contributed by atoms with E-state index in [9.17, 15) is 0 Å². The minimum Gasteiger partial charge on any atom is -0.314 e. The average molecular weight is 240 g/mol. The van der Waals surface area contributed by atoms with Crippen LogP contribution in [-0.4, -0.2) is 36.6 Å². The summed E-state index contributed by atoms with van der Waals surface area (Å²) in [5, 5.41) is 3.60. The summed E-state index contributed by atoms with van der Waals surface area (Å²) >= 11 is 0. The van der Waals surface area contributed by atoms with Crippen LogP contribution in [0.3, 0.4) is 0 Å². The molecule has 0 spiro atoms. The highest BCUT2D eigenvalue weighted by atomic mass is 15.1. The van der Waals surface area contributed by atoms with Crippen LogP contribution in [0.4, 0.5) is 0 Å². The fourth-order valence-corrected chi connectivity index (χ4v) is 2.76. The topological polar surface area (TPSA) is 15.3 Å². The zero-order chi connectivity index (χ0) is 12.7. The van der Waals surface area contributed by atoms with E-state index in [1.54, 1.807) is 0 Å². The van der Waals surface area contributed by atoms with Gasteiger partial charge in [0.2, 0.25) is 0 Å². The van der Waals surface area contributed by atoms with Gasteiger partial charge < -0.3 is 10.2 Å². The third-order valence-corrected chi connectivity index (χ3v) is 4.18. The van der Waals surface area contributed by atoms with Gasteiger partial charge in [0.15, 0.2) is 0 Å². The lowest BCUT2D eigenvalue weighted by Crippen LogP contribution is -2.42. The summed E-state index contributed by atoms with van der Waals surface area (Å²) in [4.78, 5) is 2.67. The van der Waals surface area contributed by atoms with Gasteiger partial charge in [-0.3, -0.25) is 0 Å². The summed E-state index contributed by atoms with van der Waals surface area (Å²) in [7, 11) is 0. The summed E-state index contributed by atoms with van der Waals surface area (Å²) in [6.45, 7) is 13.0. The molecule has 102 valence electrons. The Kier molecular flexibility index (Phi) is 7.14. The van der Waals surface area contributed by atoms with Crippen LogP contribution in [-0.2, 0) is 0 Å². The Balaban J connectivity index is 2.23. The van der Waals surface area contributed by atoms with E-state index in [-0.39, 0.29) is 0 Å². The number of hydrogen-bond acceptors (Lipinski definition) is 2. The van der Waals surface area contributed by atoms with Crippen LogP contribution in [0.25, 0.3) is 0 Å². The number of rotatable bonds is 9. The van der Waals surface area contributed by atoms with E-state index < -0.39 is 0 Å². The van der Waals surface area contributed by atoms with E-state index in [1.165, 1.54) is 45.2 Å². The highest BCUT2D eigenvalue weighted by molar-refractivity contribution is 4.78. The highest BCUT2D eigenvalue weighted by Gasteiger charge is 2.23. The Bertz CT molecular complexity index is 189. The predicted octanol–water partition coefficient (Wildman–Crippen LogP) is 3.28. The SMILES string of the molecule is CCCNC(C)CC(C)N(CC)CC1CCC1. The van der Waals surface area contributed by atoms with Crippen LogP contribution >= 0.6 is 0 Å². The maximum absolute atomic E-state index is 3.60. The highest BCUT2D eigenvalue weighted by Crippen LogP contribution is 2.27. The molecular formula is C15H32N2. The van der Waals surface area contributed by atoms with E-state index in [4.69, 9.17) is 0 Å². The second-order valence-corrected chi connectivity index (χ2v) is 5.82. The summed E-state index contributed by atoms with van der Waals surface area (Å²) in [6, 6.07) is 1.38. The van der Waals surface area contributed by atoms with Gasteiger partial charge in [-0.2, -0.15) is 0 Å². The van der Waals surface area contributed by atoms with Gasteiger partial charge >= 0.3 is 0 Å². The van der Waals surface area contributed by atoms with Gasteiger partial charge in [-0.25, -0.2) is 0 Å². The van der Waals surface area contributed by atoms with E-state index in [0.29, 0.717) is 6.04 Å².